The Balaban J connectivity index is 2.03. The molecule has 2 saturated heterocycles. The summed E-state index contributed by atoms with van der Waals surface area (Å²) in [4.78, 5) is 10.8. The Labute approximate surface area is 101 Å². The molecule has 1 atom stereocenters. The van der Waals surface area contributed by atoms with E-state index in [0.717, 1.165) is 19.3 Å². The number of carboxylic acids is 1. The molecular weight excluding hydrogens is 244 g/mol. The zero-order chi connectivity index (χ0) is 12.5. The van der Waals surface area contributed by atoms with Crippen molar-refractivity contribution in [3.05, 3.63) is 0 Å². The van der Waals surface area contributed by atoms with Crippen molar-refractivity contribution < 1.29 is 18.3 Å². The number of hydrogen-bond donors (Lipinski definition) is 1. The normalized spacial score (nSPS) is 28.4. The minimum absolute atomic E-state index is 0.119. The fourth-order valence-corrected chi connectivity index (χ4v) is 4.15. The van der Waals surface area contributed by atoms with Gasteiger partial charge in [-0.2, -0.15) is 17.0 Å². The number of aliphatic carboxylic acids is 1. The summed E-state index contributed by atoms with van der Waals surface area (Å²) in [5.41, 5.74) is 0. The predicted molar refractivity (Wildman–Crippen MR) is 61.7 cm³/mol. The van der Waals surface area contributed by atoms with Crippen molar-refractivity contribution in [2.24, 2.45) is 5.92 Å². The Morgan fingerprint density at radius 3 is 2.24 bits per heavy atom. The van der Waals surface area contributed by atoms with Gasteiger partial charge in [0.05, 0.1) is 5.92 Å². The van der Waals surface area contributed by atoms with E-state index < -0.39 is 22.1 Å². The number of nitrogens with zero attached hydrogens (tertiary/aromatic N) is 2. The van der Waals surface area contributed by atoms with E-state index in [-0.39, 0.29) is 6.54 Å². The van der Waals surface area contributed by atoms with Gasteiger partial charge in [-0.25, -0.2) is 0 Å². The average Bonchev–Trinajstić information content (AvgIpc) is 2.80. The standard InChI is InChI=1S/C10H18N2O4S/c13-10(14)9-4-7-12(8-9)17(15,16)11-5-2-1-3-6-11/h9H,1-8H2,(H,13,14)/t9-/m1/s1. The molecule has 2 aliphatic heterocycles. The predicted octanol–water partition coefficient (Wildman–Crippen LogP) is 0.124. The molecule has 0 aromatic heterocycles. The number of carboxylic acid groups (broad SMARTS) is 1. The van der Waals surface area contributed by atoms with Crippen LogP contribution in [0.25, 0.3) is 0 Å². The second-order valence-electron chi connectivity index (χ2n) is 4.65. The van der Waals surface area contributed by atoms with Crippen LogP contribution in [0.4, 0.5) is 0 Å². The van der Waals surface area contributed by atoms with Crippen LogP contribution in [0.15, 0.2) is 0 Å². The molecule has 0 aliphatic carbocycles. The molecule has 1 N–H and O–H groups in total. The van der Waals surface area contributed by atoms with Crippen molar-refractivity contribution in [1.82, 2.24) is 8.61 Å². The second-order valence-corrected chi connectivity index (χ2v) is 6.58. The van der Waals surface area contributed by atoms with E-state index in [1.54, 1.807) is 0 Å². The topological polar surface area (TPSA) is 77.9 Å². The molecule has 98 valence electrons. The van der Waals surface area contributed by atoms with Crippen molar-refractivity contribution in [2.45, 2.75) is 25.7 Å². The lowest BCUT2D eigenvalue weighted by atomic mass is 10.1. The first kappa shape index (κ1) is 12.8. The van der Waals surface area contributed by atoms with Gasteiger partial charge >= 0.3 is 5.97 Å². The van der Waals surface area contributed by atoms with Crippen LogP contribution in [-0.2, 0) is 15.0 Å². The van der Waals surface area contributed by atoms with Gasteiger partial charge in [-0.1, -0.05) is 6.42 Å². The molecule has 0 aromatic carbocycles. The minimum Gasteiger partial charge on any atom is -0.481 e. The van der Waals surface area contributed by atoms with E-state index in [0.29, 0.717) is 26.1 Å². The van der Waals surface area contributed by atoms with E-state index >= 15 is 0 Å². The maximum absolute atomic E-state index is 12.2. The molecule has 0 spiro atoms. The first-order chi connectivity index (χ1) is 8.01. The third kappa shape index (κ3) is 2.61. The highest BCUT2D eigenvalue weighted by atomic mass is 32.2. The van der Waals surface area contributed by atoms with Crippen LogP contribution < -0.4 is 0 Å². The lowest BCUT2D eigenvalue weighted by Gasteiger charge is -2.29. The van der Waals surface area contributed by atoms with Crippen LogP contribution in [0.3, 0.4) is 0 Å². The first-order valence-corrected chi connectivity index (χ1v) is 7.39. The monoisotopic (exact) mass is 262 g/mol. The molecule has 2 heterocycles. The maximum atomic E-state index is 12.2. The molecule has 7 heteroatoms. The van der Waals surface area contributed by atoms with Crippen LogP contribution in [0.2, 0.25) is 0 Å². The summed E-state index contributed by atoms with van der Waals surface area (Å²) in [5, 5.41) is 8.87. The van der Waals surface area contributed by atoms with Gasteiger partial charge in [0.25, 0.3) is 10.2 Å². The molecule has 2 aliphatic rings. The largest absolute Gasteiger partial charge is 0.481 e. The van der Waals surface area contributed by atoms with Crippen molar-refractivity contribution >= 4 is 16.2 Å². The Hall–Kier alpha value is -0.660. The van der Waals surface area contributed by atoms with Crippen LogP contribution in [0.1, 0.15) is 25.7 Å². The van der Waals surface area contributed by atoms with Gasteiger partial charge in [0.15, 0.2) is 0 Å². The number of piperidine rings is 1. The number of carbonyl (C=O) groups is 1. The molecule has 0 saturated carbocycles. The van der Waals surface area contributed by atoms with Crippen LogP contribution in [0.5, 0.6) is 0 Å². The van der Waals surface area contributed by atoms with E-state index in [4.69, 9.17) is 5.11 Å². The van der Waals surface area contributed by atoms with Gasteiger partial charge in [-0.05, 0) is 19.3 Å². The number of rotatable bonds is 3. The first-order valence-electron chi connectivity index (χ1n) is 6.00. The zero-order valence-corrected chi connectivity index (χ0v) is 10.5. The SMILES string of the molecule is O=C(O)[C@@H]1CCN(S(=O)(=O)N2CCCCC2)C1. The average molecular weight is 262 g/mol. The summed E-state index contributed by atoms with van der Waals surface area (Å²) < 4.78 is 27.2. The van der Waals surface area contributed by atoms with Gasteiger partial charge < -0.3 is 5.11 Å². The van der Waals surface area contributed by atoms with Crippen LogP contribution in [-0.4, -0.2) is 54.3 Å². The second kappa shape index (κ2) is 4.91. The van der Waals surface area contributed by atoms with E-state index in [1.807, 2.05) is 0 Å². The fraction of sp³-hybridized carbons (Fsp3) is 0.900. The Morgan fingerprint density at radius 1 is 1.06 bits per heavy atom. The summed E-state index contributed by atoms with van der Waals surface area (Å²) in [6, 6.07) is 0. The van der Waals surface area contributed by atoms with Crippen molar-refractivity contribution in [1.29, 1.82) is 0 Å². The summed E-state index contributed by atoms with van der Waals surface area (Å²) >= 11 is 0. The summed E-state index contributed by atoms with van der Waals surface area (Å²) in [7, 11) is -3.42. The number of hydrogen-bond acceptors (Lipinski definition) is 3. The quantitative estimate of drug-likeness (QED) is 0.784. The van der Waals surface area contributed by atoms with E-state index in [9.17, 15) is 13.2 Å². The lowest BCUT2D eigenvalue weighted by Crippen LogP contribution is -2.45. The lowest BCUT2D eigenvalue weighted by molar-refractivity contribution is -0.141. The third-order valence-corrected chi connectivity index (χ3v) is 5.47. The summed E-state index contributed by atoms with van der Waals surface area (Å²) in [6.45, 7) is 1.58. The Kier molecular flexibility index (Phi) is 3.70. The minimum atomic E-state index is -3.42. The van der Waals surface area contributed by atoms with Crippen molar-refractivity contribution in [3.63, 3.8) is 0 Å². The highest BCUT2D eigenvalue weighted by molar-refractivity contribution is 7.86. The van der Waals surface area contributed by atoms with Gasteiger partial charge in [-0.3, -0.25) is 4.79 Å². The highest BCUT2D eigenvalue weighted by Gasteiger charge is 2.38. The molecule has 6 nitrogen and oxygen atoms in total. The van der Waals surface area contributed by atoms with E-state index in [1.165, 1.54) is 8.61 Å². The zero-order valence-electron chi connectivity index (χ0n) is 9.71. The molecule has 0 amide bonds. The van der Waals surface area contributed by atoms with Crippen molar-refractivity contribution in [3.8, 4) is 0 Å². The molecule has 0 radical (unpaired) electrons. The maximum Gasteiger partial charge on any atom is 0.307 e. The Bertz CT molecular complexity index is 389. The van der Waals surface area contributed by atoms with Gasteiger partial charge in [0.2, 0.25) is 0 Å². The molecule has 0 unspecified atom stereocenters. The molecule has 2 rings (SSSR count). The highest BCUT2D eigenvalue weighted by Crippen LogP contribution is 2.23. The van der Waals surface area contributed by atoms with Crippen LogP contribution in [0, 0.1) is 5.92 Å². The summed E-state index contributed by atoms with van der Waals surface area (Å²) in [5.74, 6) is -1.45. The molecule has 0 bridgehead atoms. The van der Waals surface area contributed by atoms with E-state index in [2.05, 4.69) is 0 Å². The van der Waals surface area contributed by atoms with Gasteiger partial charge in [0.1, 0.15) is 0 Å². The molecule has 2 fully saturated rings. The van der Waals surface area contributed by atoms with Gasteiger partial charge in [-0.15, -0.1) is 0 Å². The summed E-state index contributed by atoms with van der Waals surface area (Å²) in [6.07, 6.45) is 3.29. The third-order valence-electron chi connectivity index (χ3n) is 3.47. The molecule has 17 heavy (non-hydrogen) atoms. The van der Waals surface area contributed by atoms with Crippen LogP contribution >= 0.6 is 0 Å². The Morgan fingerprint density at radius 2 is 1.71 bits per heavy atom. The molecule has 0 aromatic rings. The van der Waals surface area contributed by atoms with Gasteiger partial charge in [0, 0.05) is 26.2 Å². The van der Waals surface area contributed by atoms with Crippen molar-refractivity contribution in [2.75, 3.05) is 26.2 Å². The smallest absolute Gasteiger partial charge is 0.307 e. The molecular formula is C10H18N2O4S. The fourth-order valence-electron chi connectivity index (χ4n) is 2.40.